The van der Waals surface area contributed by atoms with Gasteiger partial charge in [-0.05, 0) is 37.5 Å². The van der Waals surface area contributed by atoms with Crippen molar-refractivity contribution in [2.24, 2.45) is 5.73 Å². The summed E-state index contributed by atoms with van der Waals surface area (Å²) in [4.78, 5) is 11.9. The van der Waals surface area contributed by atoms with Crippen molar-refractivity contribution in [3.05, 3.63) is 34.3 Å². The Morgan fingerprint density at radius 1 is 1.48 bits per heavy atom. The first kappa shape index (κ1) is 16.5. The number of nitrogens with one attached hydrogen (secondary N) is 1. The molecule has 0 aliphatic carbocycles. The molecule has 0 aromatic heterocycles. The molecule has 1 aromatic carbocycles. The maximum atomic E-state index is 11.9. The molecule has 0 spiro atoms. The third-order valence-corrected chi connectivity index (χ3v) is 4.51. The van der Waals surface area contributed by atoms with E-state index < -0.39 is 0 Å². The summed E-state index contributed by atoms with van der Waals surface area (Å²) in [6.07, 6.45) is 2.20. The van der Waals surface area contributed by atoms with Crippen LogP contribution in [-0.4, -0.2) is 31.7 Å². The average Bonchev–Trinajstić information content (AvgIpc) is 2.45. The molecule has 1 saturated heterocycles. The lowest BCUT2D eigenvalue weighted by atomic mass is 9.74. The summed E-state index contributed by atoms with van der Waals surface area (Å²) in [5.74, 6) is 0.0193. The predicted octanol–water partition coefficient (Wildman–Crippen LogP) is 2.35. The number of amides is 1. The molecule has 1 amide bonds. The van der Waals surface area contributed by atoms with Gasteiger partial charge in [-0.25, -0.2) is 0 Å². The van der Waals surface area contributed by atoms with Crippen LogP contribution in [0, 0.1) is 0 Å². The van der Waals surface area contributed by atoms with Gasteiger partial charge < -0.3 is 15.8 Å². The predicted molar refractivity (Wildman–Crippen MR) is 87.1 cm³/mol. The number of hydrogen-bond acceptors (Lipinski definition) is 3. The van der Waals surface area contributed by atoms with Gasteiger partial charge >= 0.3 is 0 Å². The standard InChI is InChI=1S/C16H23BrN2O2/c1-12(18)9-15(20)19-11-16(5-7-21-8-6-16)13-3-2-4-14(17)10-13/h2-4,10,12H,5-9,11,18H2,1H3,(H,19,20). The second kappa shape index (κ2) is 7.38. The number of hydrogen-bond donors (Lipinski definition) is 2. The van der Waals surface area contributed by atoms with Gasteiger partial charge in [-0.15, -0.1) is 0 Å². The zero-order valence-electron chi connectivity index (χ0n) is 12.4. The van der Waals surface area contributed by atoms with Crippen molar-refractivity contribution in [3.63, 3.8) is 0 Å². The lowest BCUT2D eigenvalue weighted by Crippen LogP contribution is -2.45. The molecule has 116 valence electrons. The van der Waals surface area contributed by atoms with Crippen molar-refractivity contribution in [3.8, 4) is 0 Å². The van der Waals surface area contributed by atoms with E-state index in [0.717, 1.165) is 30.5 Å². The molecule has 0 radical (unpaired) electrons. The Kier molecular flexibility index (Phi) is 5.79. The lowest BCUT2D eigenvalue weighted by Gasteiger charge is -2.38. The first-order chi connectivity index (χ1) is 10.0. The normalized spacial score (nSPS) is 19.0. The highest BCUT2D eigenvalue weighted by atomic mass is 79.9. The van der Waals surface area contributed by atoms with Crippen LogP contribution in [0.5, 0.6) is 0 Å². The maximum absolute atomic E-state index is 11.9. The van der Waals surface area contributed by atoms with Gasteiger partial charge in [0.15, 0.2) is 0 Å². The van der Waals surface area contributed by atoms with Crippen LogP contribution in [0.2, 0.25) is 0 Å². The van der Waals surface area contributed by atoms with E-state index in [1.807, 2.05) is 19.1 Å². The molecule has 1 heterocycles. The molecule has 2 rings (SSSR count). The molecule has 1 aromatic rings. The minimum atomic E-state index is -0.110. The molecule has 1 atom stereocenters. The van der Waals surface area contributed by atoms with Crippen molar-refractivity contribution in [2.75, 3.05) is 19.8 Å². The third-order valence-electron chi connectivity index (χ3n) is 4.02. The monoisotopic (exact) mass is 354 g/mol. The van der Waals surface area contributed by atoms with E-state index in [9.17, 15) is 4.79 Å². The van der Waals surface area contributed by atoms with E-state index in [0.29, 0.717) is 13.0 Å². The van der Waals surface area contributed by atoms with Gasteiger partial charge in [-0.1, -0.05) is 28.1 Å². The number of carbonyl (C=O) groups is 1. The SMILES string of the molecule is CC(N)CC(=O)NCC1(c2cccc(Br)c2)CCOCC1. The summed E-state index contributed by atoms with van der Waals surface area (Å²) in [6, 6.07) is 8.23. The van der Waals surface area contributed by atoms with Gasteiger partial charge in [-0.2, -0.15) is 0 Å². The zero-order valence-corrected chi connectivity index (χ0v) is 14.0. The van der Waals surface area contributed by atoms with E-state index in [1.54, 1.807) is 0 Å². The van der Waals surface area contributed by atoms with Crippen LogP contribution >= 0.6 is 15.9 Å². The lowest BCUT2D eigenvalue weighted by molar-refractivity contribution is -0.121. The number of rotatable bonds is 5. The highest BCUT2D eigenvalue weighted by Gasteiger charge is 2.34. The van der Waals surface area contributed by atoms with Crippen LogP contribution in [0.15, 0.2) is 28.7 Å². The van der Waals surface area contributed by atoms with Gasteiger partial charge in [0.25, 0.3) is 0 Å². The molecular formula is C16H23BrN2O2. The van der Waals surface area contributed by atoms with Gasteiger partial charge in [0.2, 0.25) is 5.91 Å². The minimum Gasteiger partial charge on any atom is -0.381 e. The molecule has 0 bridgehead atoms. The fourth-order valence-corrected chi connectivity index (χ4v) is 3.18. The molecule has 3 N–H and O–H groups in total. The number of nitrogens with two attached hydrogens (primary N) is 1. The molecular weight excluding hydrogens is 332 g/mol. The largest absolute Gasteiger partial charge is 0.381 e. The first-order valence-corrected chi connectivity index (χ1v) is 8.17. The summed E-state index contributed by atoms with van der Waals surface area (Å²) in [6.45, 7) is 3.95. The third kappa shape index (κ3) is 4.53. The van der Waals surface area contributed by atoms with Crippen molar-refractivity contribution < 1.29 is 9.53 Å². The van der Waals surface area contributed by atoms with Gasteiger partial charge in [0.1, 0.15) is 0 Å². The Hall–Kier alpha value is -0.910. The van der Waals surface area contributed by atoms with Crippen molar-refractivity contribution in [1.29, 1.82) is 0 Å². The van der Waals surface area contributed by atoms with Crippen LogP contribution in [0.4, 0.5) is 0 Å². The van der Waals surface area contributed by atoms with Crippen LogP contribution < -0.4 is 11.1 Å². The fourth-order valence-electron chi connectivity index (χ4n) is 2.78. The van der Waals surface area contributed by atoms with Crippen LogP contribution in [0.1, 0.15) is 31.7 Å². The van der Waals surface area contributed by atoms with Crippen LogP contribution in [0.3, 0.4) is 0 Å². The first-order valence-electron chi connectivity index (χ1n) is 7.38. The molecule has 1 aliphatic heterocycles. The second-order valence-electron chi connectivity index (χ2n) is 5.86. The van der Waals surface area contributed by atoms with Crippen LogP contribution in [0.25, 0.3) is 0 Å². The van der Waals surface area contributed by atoms with Crippen molar-refractivity contribution in [2.45, 2.75) is 37.6 Å². The number of halogens is 1. The molecule has 1 unspecified atom stereocenters. The summed E-state index contributed by atoms with van der Waals surface area (Å²) in [5.41, 5.74) is 6.88. The van der Waals surface area contributed by atoms with Gasteiger partial charge in [0, 0.05) is 42.1 Å². The molecule has 5 heteroatoms. The van der Waals surface area contributed by atoms with E-state index in [-0.39, 0.29) is 17.4 Å². The maximum Gasteiger partial charge on any atom is 0.221 e. The zero-order chi connectivity index (χ0) is 15.3. The Balaban J connectivity index is 2.12. The Morgan fingerprint density at radius 3 is 2.81 bits per heavy atom. The Morgan fingerprint density at radius 2 is 2.19 bits per heavy atom. The summed E-state index contributed by atoms with van der Waals surface area (Å²) < 4.78 is 6.57. The molecule has 4 nitrogen and oxygen atoms in total. The van der Waals surface area contributed by atoms with Gasteiger partial charge in [-0.3, -0.25) is 4.79 Å². The topological polar surface area (TPSA) is 64.4 Å². The number of benzene rings is 1. The molecule has 0 saturated carbocycles. The fraction of sp³-hybridized carbons (Fsp3) is 0.562. The van der Waals surface area contributed by atoms with Crippen molar-refractivity contribution in [1.82, 2.24) is 5.32 Å². The molecule has 1 aliphatic rings. The van der Waals surface area contributed by atoms with Crippen molar-refractivity contribution >= 4 is 21.8 Å². The summed E-state index contributed by atoms with van der Waals surface area (Å²) in [5, 5.41) is 3.05. The Bertz CT molecular complexity index is 485. The van der Waals surface area contributed by atoms with E-state index in [1.165, 1.54) is 5.56 Å². The highest BCUT2D eigenvalue weighted by Crippen LogP contribution is 2.35. The molecule has 21 heavy (non-hydrogen) atoms. The average molecular weight is 355 g/mol. The highest BCUT2D eigenvalue weighted by molar-refractivity contribution is 9.10. The quantitative estimate of drug-likeness (QED) is 0.852. The van der Waals surface area contributed by atoms with Gasteiger partial charge in [0.05, 0.1) is 0 Å². The minimum absolute atomic E-state index is 0.0193. The van der Waals surface area contributed by atoms with Crippen LogP contribution in [-0.2, 0) is 14.9 Å². The second-order valence-corrected chi connectivity index (χ2v) is 6.78. The van der Waals surface area contributed by atoms with E-state index >= 15 is 0 Å². The summed E-state index contributed by atoms with van der Waals surface area (Å²) in [7, 11) is 0. The van der Waals surface area contributed by atoms with E-state index in [2.05, 4.69) is 33.4 Å². The molecule has 1 fully saturated rings. The number of carbonyl (C=O) groups excluding carboxylic acids is 1. The van der Waals surface area contributed by atoms with E-state index in [4.69, 9.17) is 10.5 Å². The summed E-state index contributed by atoms with van der Waals surface area (Å²) >= 11 is 3.53. The Labute approximate surface area is 134 Å². The smallest absolute Gasteiger partial charge is 0.221 e. The number of ether oxygens (including phenoxy) is 1.